The number of rotatable bonds is 6. The van der Waals surface area contributed by atoms with E-state index in [1.54, 1.807) is 18.2 Å². The highest BCUT2D eigenvalue weighted by atomic mass is 19.3. The van der Waals surface area contributed by atoms with E-state index >= 15 is 0 Å². The first kappa shape index (κ1) is 18.4. The van der Waals surface area contributed by atoms with Gasteiger partial charge in [0, 0.05) is 25.7 Å². The Morgan fingerprint density at radius 2 is 2.17 bits per heavy atom. The summed E-state index contributed by atoms with van der Waals surface area (Å²) in [4.78, 5) is 14.9. The van der Waals surface area contributed by atoms with E-state index in [0.717, 1.165) is 11.3 Å². The van der Waals surface area contributed by atoms with Gasteiger partial charge in [-0.25, -0.2) is 18.0 Å². The van der Waals surface area contributed by atoms with Crippen molar-refractivity contribution in [2.24, 2.45) is 0 Å². The van der Waals surface area contributed by atoms with Crippen LogP contribution in [0, 0.1) is 5.82 Å². The molecule has 1 heterocycles. The van der Waals surface area contributed by atoms with Crippen molar-refractivity contribution in [1.29, 1.82) is 0 Å². The maximum Gasteiger partial charge on any atom is 0.317 e. The van der Waals surface area contributed by atoms with Crippen molar-refractivity contribution in [2.45, 2.75) is 25.3 Å². The Kier molecular flexibility index (Phi) is 6.72. The minimum atomic E-state index is -2.66. The van der Waals surface area contributed by atoms with Gasteiger partial charge in [-0.1, -0.05) is 12.1 Å². The molecule has 8 heteroatoms. The largest absolute Gasteiger partial charge is 0.395 e. The van der Waals surface area contributed by atoms with Crippen LogP contribution in [0.4, 0.5) is 23.7 Å². The number of benzene rings is 1. The van der Waals surface area contributed by atoms with E-state index < -0.39 is 19.0 Å². The molecular weight excluding hydrogens is 323 g/mol. The summed E-state index contributed by atoms with van der Waals surface area (Å²) in [5, 5.41) is 11.6. The molecule has 1 atom stereocenters. The lowest BCUT2D eigenvalue weighted by Crippen LogP contribution is -2.53. The van der Waals surface area contributed by atoms with Gasteiger partial charge >= 0.3 is 6.03 Å². The SMILES string of the molecule is O=C(N[C@H]1CCCN(c2ccccc2F)C1)N(CCO)CC(F)F. The molecule has 0 bridgehead atoms. The van der Waals surface area contributed by atoms with Crippen LogP contribution >= 0.6 is 0 Å². The molecule has 2 N–H and O–H groups in total. The number of urea groups is 1. The number of alkyl halides is 2. The Bertz CT molecular complexity index is 545. The smallest absolute Gasteiger partial charge is 0.317 e. The molecule has 24 heavy (non-hydrogen) atoms. The second-order valence-corrected chi connectivity index (χ2v) is 5.75. The summed E-state index contributed by atoms with van der Waals surface area (Å²) in [5.74, 6) is -0.330. The number of carbonyl (C=O) groups is 1. The number of nitrogens with zero attached hydrogens (tertiary/aromatic N) is 2. The maximum absolute atomic E-state index is 13.9. The lowest BCUT2D eigenvalue weighted by Gasteiger charge is -2.36. The van der Waals surface area contributed by atoms with Crippen LogP contribution in [0.2, 0.25) is 0 Å². The van der Waals surface area contributed by atoms with Gasteiger partial charge in [0.15, 0.2) is 0 Å². The third kappa shape index (κ3) is 5.02. The first-order valence-electron chi connectivity index (χ1n) is 7.95. The molecular formula is C16H22F3N3O2. The molecule has 0 unspecified atom stereocenters. The number of piperidine rings is 1. The highest BCUT2D eigenvalue weighted by molar-refractivity contribution is 5.74. The minimum absolute atomic E-state index is 0.153. The zero-order chi connectivity index (χ0) is 17.5. The fourth-order valence-electron chi connectivity index (χ4n) is 2.85. The molecule has 0 aliphatic carbocycles. The molecule has 1 fully saturated rings. The van der Waals surface area contributed by atoms with Gasteiger partial charge in [-0.3, -0.25) is 0 Å². The van der Waals surface area contributed by atoms with Crippen LogP contribution in [0.3, 0.4) is 0 Å². The molecule has 0 aromatic heterocycles. The molecule has 5 nitrogen and oxygen atoms in total. The summed E-state index contributed by atoms with van der Waals surface area (Å²) < 4.78 is 38.9. The first-order chi connectivity index (χ1) is 11.5. The van der Waals surface area contributed by atoms with Crippen LogP contribution in [0.1, 0.15) is 12.8 Å². The summed E-state index contributed by atoms with van der Waals surface area (Å²) >= 11 is 0. The van der Waals surface area contributed by atoms with Gasteiger partial charge in [-0.15, -0.1) is 0 Å². The van der Waals surface area contributed by atoms with Crippen molar-refractivity contribution in [3.8, 4) is 0 Å². The van der Waals surface area contributed by atoms with Gasteiger partial charge in [-0.05, 0) is 25.0 Å². The van der Waals surface area contributed by atoms with Crippen LogP contribution in [-0.4, -0.2) is 61.3 Å². The number of hydrogen-bond donors (Lipinski definition) is 2. The van der Waals surface area contributed by atoms with E-state index in [1.807, 2.05) is 4.90 Å². The van der Waals surface area contributed by atoms with Crippen molar-refractivity contribution in [3.63, 3.8) is 0 Å². The lowest BCUT2D eigenvalue weighted by molar-refractivity contribution is 0.0891. The second-order valence-electron chi connectivity index (χ2n) is 5.75. The predicted molar refractivity (Wildman–Crippen MR) is 84.8 cm³/mol. The molecule has 1 aromatic carbocycles. The van der Waals surface area contributed by atoms with Gasteiger partial charge in [0.1, 0.15) is 5.82 Å². The summed E-state index contributed by atoms with van der Waals surface area (Å²) in [6.45, 7) is -0.179. The zero-order valence-corrected chi connectivity index (χ0v) is 13.3. The summed E-state index contributed by atoms with van der Waals surface area (Å²) in [6.07, 6.45) is -1.21. The standard InChI is InChI=1S/C16H22F3N3O2/c17-13-5-1-2-6-14(13)21-7-3-4-12(10-21)20-16(24)22(8-9-23)11-15(18)19/h1-2,5-6,12,15,23H,3-4,7-11H2,(H,20,24)/t12-/m0/s1. The maximum atomic E-state index is 13.9. The van der Waals surface area contributed by atoms with E-state index in [0.29, 0.717) is 25.2 Å². The van der Waals surface area contributed by atoms with Crippen molar-refractivity contribution in [3.05, 3.63) is 30.1 Å². The number of hydrogen-bond acceptors (Lipinski definition) is 3. The zero-order valence-electron chi connectivity index (χ0n) is 13.3. The number of aliphatic hydroxyl groups excluding tert-OH is 1. The fourth-order valence-corrected chi connectivity index (χ4v) is 2.85. The Morgan fingerprint density at radius 1 is 1.42 bits per heavy atom. The molecule has 1 saturated heterocycles. The Hall–Kier alpha value is -1.96. The van der Waals surface area contributed by atoms with Gasteiger partial charge < -0.3 is 20.2 Å². The number of anilines is 1. The normalized spacial score (nSPS) is 17.9. The van der Waals surface area contributed by atoms with Gasteiger partial charge in [0.2, 0.25) is 0 Å². The monoisotopic (exact) mass is 345 g/mol. The third-order valence-corrected chi connectivity index (χ3v) is 3.96. The number of aliphatic hydroxyl groups is 1. The van der Waals surface area contributed by atoms with Crippen molar-refractivity contribution < 1.29 is 23.1 Å². The summed E-state index contributed by atoms with van der Waals surface area (Å²) in [5.41, 5.74) is 0.469. The van der Waals surface area contributed by atoms with E-state index in [2.05, 4.69) is 5.32 Å². The lowest BCUT2D eigenvalue weighted by atomic mass is 10.0. The average molecular weight is 345 g/mol. The Morgan fingerprint density at radius 3 is 2.83 bits per heavy atom. The molecule has 2 rings (SSSR count). The van der Waals surface area contributed by atoms with E-state index in [-0.39, 0.29) is 25.0 Å². The number of para-hydroxylation sites is 1. The van der Waals surface area contributed by atoms with E-state index in [1.165, 1.54) is 6.07 Å². The first-order valence-corrected chi connectivity index (χ1v) is 7.95. The quantitative estimate of drug-likeness (QED) is 0.830. The highest BCUT2D eigenvalue weighted by Crippen LogP contribution is 2.23. The topological polar surface area (TPSA) is 55.8 Å². The number of carbonyl (C=O) groups excluding carboxylic acids is 1. The summed E-state index contributed by atoms with van der Waals surface area (Å²) in [6, 6.07) is 5.51. The van der Waals surface area contributed by atoms with Crippen molar-refractivity contribution >= 4 is 11.7 Å². The molecule has 1 aromatic rings. The van der Waals surface area contributed by atoms with Crippen LogP contribution in [-0.2, 0) is 0 Å². The third-order valence-electron chi connectivity index (χ3n) is 3.96. The van der Waals surface area contributed by atoms with E-state index in [4.69, 9.17) is 5.11 Å². The van der Waals surface area contributed by atoms with Crippen molar-refractivity contribution in [2.75, 3.05) is 37.7 Å². The molecule has 1 aliphatic rings. The van der Waals surface area contributed by atoms with Crippen LogP contribution in [0.15, 0.2) is 24.3 Å². The Labute approximate surface area is 139 Å². The molecule has 134 valence electrons. The predicted octanol–water partition coefficient (Wildman–Crippen LogP) is 2.06. The highest BCUT2D eigenvalue weighted by Gasteiger charge is 2.25. The molecule has 2 amide bonds. The fraction of sp³-hybridized carbons (Fsp3) is 0.562. The van der Waals surface area contributed by atoms with E-state index in [9.17, 15) is 18.0 Å². The Balaban J connectivity index is 1.96. The number of nitrogens with one attached hydrogen (secondary N) is 1. The van der Waals surface area contributed by atoms with Gasteiger partial charge in [0.25, 0.3) is 6.43 Å². The van der Waals surface area contributed by atoms with Crippen LogP contribution in [0.5, 0.6) is 0 Å². The van der Waals surface area contributed by atoms with Crippen LogP contribution < -0.4 is 10.2 Å². The molecule has 0 radical (unpaired) electrons. The molecule has 0 spiro atoms. The molecule has 1 aliphatic heterocycles. The van der Waals surface area contributed by atoms with Gasteiger partial charge in [-0.2, -0.15) is 0 Å². The molecule has 0 saturated carbocycles. The second kappa shape index (κ2) is 8.77. The number of amides is 2. The average Bonchev–Trinajstić information content (AvgIpc) is 2.54. The minimum Gasteiger partial charge on any atom is -0.395 e. The van der Waals surface area contributed by atoms with Crippen molar-refractivity contribution in [1.82, 2.24) is 10.2 Å². The van der Waals surface area contributed by atoms with Crippen LogP contribution in [0.25, 0.3) is 0 Å². The number of halogens is 3. The summed E-state index contributed by atoms with van der Waals surface area (Å²) in [7, 11) is 0. The van der Waals surface area contributed by atoms with Gasteiger partial charge in [0.05, 0.1) is 18.8 Å².